The van der Waals surface area contributed by atoms with Gasteiger partial charge in [-0.3, -0.25) is 9.59 Å². The van der Waals surface area contributed by atoms with Gasteiger partial charge in [0.05, 0.1) is 5.56 Å². The number of hydrogen-bond donors (Lipinski definition) is 1. The molecule has 1 fully saturated rings. The molecule has 1 amide bonds. The minimum absolute atomic E-state index is 0.0728. The number of para-hydroxylation sites is 1. The van der Waals surface area contributed by atoms with Crippen molar-refractivity contribution in [2.45, 2.75) is 18.9 Å². The van der Waals surface area contributed by atoms with E-state index in [0.29, 0.717) is 19.0 Å². The summed E-state index contributed by atoms with van der Waals surface area (Å²) in [7, 11) is 0. The summed E-state index contributed by atoms with van der Waals surface area (Å²) in [6.45, 7) is 2.11. The van der Waals surface area contributed by atoms with Crippen molar-refractivity contribution < 1.29 is 4.79 Å². The molecule has 0 aliphatic carbocycles. The van der Waals surface area contributed by atoms with Crippen molar-refractivity contribution in [1.29, 1.82) is 0 Å². The fourth-order valence-corrected chi connectivity index (χ4v) is 4.48. The third-order valence-corrected chi connectivity index (χ3v) is 5.59. The highest BCUT2D eigenvalue weighted by molar-refractivity contribution is 6.06. The van der Waals surface area contributed by atoms with Gasteiger partial charge in [-0.2, -0.15) is 0 Å². The average Bonchev–Trinajstić information content (AvgIpc) is 3.06. The van der Waals surface area contributed by atoms with Gasteiger partial charge < -0.3 is 14.5 Å². The molecule has 5 rings (SSSR count). The Morgan fingerprint density at radius 3 is 2.84 bits per heavy atom. The molecule has 2 aliphatic rings. The Morgan fingerprint density at radius 2 is 1.92 bits per heavy atom. The highest BCUT2D eigenvalue weighted by Crippen LogP contribution is 2.35. The molecule has 3 aromatic rings. The van der Waals surface area contributed by atoms with Crippen LogP contribution in [0, 0.1) is 5.92 Å². The molecule has 0 unspecified atom stereocenters. The monoisotopic (exact) mass is 333 g/mol. The maximum absolute atomic E-state index is 13.1. The molecule has 2 bridgehead atoms. The van der Waals surface area contributed by atoms with Crippen LogP contribution in [0.1, 0.15) is 28.4 Å². The summed E-state index contributed by atoms with van der Waals surface area (Å²) in [5.41, 5.74) is 2.87. The van der Waals surface area contributed by atoms with Crippen LogP contribution in [0.25, 0.3) is 10.9 Å². The maximum atomic E-state index is 13.1. The lowest BCUT2D eigenvalue weighted by molar-refractivity contribution is 0.0596. The molecule has 0 spiro atoms. The molecule has 0 radical (unpaired) electrons. The first-order chi connectivity index (χ1) is 12.2. The van der Waals surface area contributed by atoms with Crippen molar-refractivity contribution in [3.8, 4) is 0 Å². The Morgan fingerprint density at radius 1 is 1.04 bits per heavy atom. The molecule has 5 heteroatoms. The predicted molar refractivity (Wildman–Crippen MR) is 95.8 cm³/mol. The van der Waals surface area contributed by atoms with Crippen LogP contribution in [0.3, 0.4) is 0 Å². The van der Waals surface area contributed by atoms with Gasteiger partial charge in [0.1, 0.15) is 0 Å². The number of pyridine rings is 1. The lowest BCUT2D eigenvalue weighted by atomic mass is 9.83. The number of benzene rings is 1. The number of aromatic nitrogens is 2. The number of H-pyrrole nitrogens is 1. The number of amides is 1. The number of carbonyl (C=O) groups excluding carboxylic acids is 1. The van der Waals surface area contributed by atoms with Gasteiger partial charge in [-0.05, 0) is 24.5 Å². The Hall–Kier alpha value is -2.82. The first-order valence-corrected chi connectivity index (χ1v) is 8.76. The van der Waals surface area contributed by atoms with Crippen molar-refractivity contribution in [2.24, 2.45) is 5.92 Å². The van der Waals surface area contributed by atoms with Gasteiger partial charge in [0.2, 0.25) is 0 Å². The molecule has 2 atom stereocenters. The molecule has 0 saturated carbocycles. The van der Waals surface area contributed by atoms with E-state index in [-0.39, 0.29) is 17.4 Å². The van der Waals surface area contributed by atoms with Crippen LogP contribution in [-0.2, 0) is 6.54 Å². The molecule has 2 aromatic heterocycles. The minimum atomic E-state index is 0.0728. The number of fused-ring (bicyclic) bond motifs is 5. The summed E-state index contributed by atoms with van der Waals surface area (Å²) in [4.78, 5) is 30.4. The van der Waals surface area contributed by atoms with E-state index < -0.39 is 0 Å². The Bertz CT molecular complexity index is 1030. The first kappa shape index (κ1) is 14.5. The summed E-state index contributed by atoms with van der Waals surface area (Å²) < 4.78 is 1.90. The standard InChI is InChI=1S/C20H19N3O2/c24-19-7-3-6-18-14-8-13(11-23(18)19)10-22(12-14)20(25)16-9-21-17-5-2-1-4-15(16)17/h1-7,9,13-14,21H,8,10-12H2/t13-,14+/m1/s1. The van der Waals surface area contributed by atoms with Crippen molar-refractivity contribution >= 4 is 16.8 Å². The molecular formula is C20H19N3O2. The zero-order valence-electron chi connectivity index (χ0n) is 13.8. The number of nitrogens with zero attached hydrogens (tertiary/aromatic N) is 2. The van der Waals surface area contributed by atoms with Crippen LogP contribution in [0.2, 0.25) is 0 Å². The van der Waals surface area contributed by atoms with Crippen molar-refractivity contribution in [3.05, 3.63) is 70.3 Å². The number of piperidine rings is 1. The quantitative estimate of drug-likeness (QED) is 0.744. The number of aromatic amines is 1. The highest BCUT2D eigenvalue weighted by Gasteiger charge is 2.36. The summed E-state index contributed by atoms with van der Waals surface area (Å²) in [5, 5.41) is 0.972. The molecule has 5 nitrogen and oxygen atoms in total. The van der Waals surface area contributed by atoms with E-state index in [4.69, 9.17) is 0 Å². The predicted octanol–water partition coefficient (Wildman–Crippen LogP) is 2.59. The zero-order chi connectivity index (χ0) is 17.0. The van der Waals surface area contributed by atoms with E-state index in [1.807, 2.05) is 52.1 Å². The third-order valence-electron chi connectivity index (χ3n) is 5.59. The first-order valence-electron chi connectivity index (χ1n) is 8.76. The molecule has 25 heavy (non-hydrogen) atoms. The van der Waals surface area contributed by atoms with E-state index >= 15 is 0 Å². The SMILES string of the molecule is O=C(c1c[nH]c2ccccc12)N1C[C@H]2C[C@@H](C1)c1cccc(=O)n1C2. The number of carbonyl (C=O) groups is 1. The second-order valence-electron chi connectivity index (χ2n) is 7.16. The lowest BCUT2D eigenvalue weighted by Gasteiger charge is -2.42. The van der Waals surface area contributed by atoms with Crippen molar-refractivity contribution in [1.82, 2.24) is 14.5 Å². The summed E-state index contributed by atoms with van der Waals surface area (Å²) >= 11 is 0. The fourth-order valence-electron chi connectivity index (χ4n) is 4.48. The molecular weight excluding hydrogens is 314 g/mol. The molecule has 1 aromatic carbocycles. The molecule has 4 heterocycles. The van der Waals surface area contributed by atoms with Crippen LogP contribution >= 0.6 is 0 Å². The summed E-state index contributed by atoms with van der Waals surface area (Å²) in [5.74, 6) is 0.676. The average molecular weight is 333 g/mol. The van der Waals surface area contributed by atoms with Gasteiger partial charge in [0, 0.05) is 54.4 Å². The van der Waals surface area contributed by atoms with Gasteiger partial charge >= 0.3 is 0 Å². The van der Waals surface area contributed by atoms with Gasteiger partial charge in [-0.15, -0.1) is 0 Å². The van der Waals surface area contributed by atoms with E-state index in [2.05, 4.69) is 4.98 Å². The van der Waals surface area contributed by atoms with E-state index in [1.165, 1.54) is 0 Å². The second-order valence-corrected chi connectivity index (χ2v) is 7.16. The number of nitrogens with one attached hydrogen (secondary N) is 1. The Kier molecular flexibility index (Phi) is 3.10. The molecule has 1 N–H and O–H groups in total. The summed E-state index contributed by atoms with van der Waals surface area (Å²) in [6, 6.07) is 13.4. The number of likely N-dealkylation sites (tertiary alicyclic amines) is 1. The third kappa shape index (κ3) is 2.22. The van der Waals surface area contributed by atoms with Gasteiger partial charge in [-0.25, -0.2) is 0 Å². The van der Waals surface area contributed by atoms with Crippen LogP contribution < -0.4 is 5.56 Å². The molecule has 1 saturated heterocycles. The zero-order valence-corrected chi connectivity index (χ0v) is 13.8. The molecule has 2 aliphatic heterocycles. The topological polar surface area (TPSA) is 58.1 Å². The van der Waals surface area contributed by atoms with Crippen LogP contribution in [-0.4, -0.2) is 33.4 Å². The Balaban J connectivity index is 1.49. The number of hydrogen-bond acceptors (Lipinski definition) is 2. The highest BCUT2D eigenvalue weighted by atomic mass is 16.2. The number of rotatable bonds is 1. The molecule has 126 valence electrons. The normalized spacial score (nSPS) is 22.0. The van der Waals surface area contributed by atoms with Crippen LogP contribution in [0.15, 0.2) is 53.5 Å². The van der Waals surface area contributed by atoms with Crippen molar-refractivity contribution in [2.75, 3.05) is 13.1 Å². The van der Waals surface area contributed by atoms with E-state index in [0.717, 1.165) is 35.1 Å². The smallest absolute Gasteiger partial charge is 0.256 e. The maximum Gasteiger partial charge on any atom is 0.256 e. The van der Waals surface area contributed by atoms with E-state index in [9.17, 15) is 9.59 Å². The minimum Gasteiger partial charge on any atom is -0.360 e. The van der Waals surface area contributed by atoms with Gasteiger partial charge in [0.15, 0.2) is 0 Å². The van der Waals surface area contributed by atoms with Gasteiger partial charge in [-0.1, -0.05) is 24.3 Å². The Labute approximate surface area is 144 Å². The second kappa shape index (κ2) is 5.34. The summed E-state index contributed by atoms with van der Waals surface area (Å²) in [6.07, 6.45) is 2.87. The van der Waals surface area contributed by atoms with Crippen molar-refractivity contribution in [3.63, 3.8) is 0 Å². The van der Waals surface area contributed by atoms with Crippen LogP contribution in [0.5, 0.6) is 0 Å². The largest absolute Gasteiger partial charge is 0.360 e. The van der Waals surface area contributed by atoms with Gasteiger partial charge in [0.25, 0.3) is 11.5 Å². The van der Waals surface area contributed by atoms with E-state index in [1.54, 1.807) is 6.07 Å². The lowest BCUT2D eigenvalue weighted by Crippen LogP contribution is -2.49. The fraction of sp³-hybridized carbons (Fsp3) is 0.300. The van der Waals surface area contributed by atoms with Crippen LogP contribution in [0.4, 0.5) is 0 Å².